The Hall–Kier alpha value is -2.54. The van der Waals surface area contributed by atoms with Crippen LogP contribution in [0.2, 0.25) is 0 Å². The number of benzene rings is 1. The number of aliphatic hydroxyl groups excluding tert-OH is 1. The van der Waals surface area contributed by atoms with Gasteiger partial charge in [-0.3, -0.25) is 4.98 Å². The third-order valence-corrected chi connectivity index (χ3v) is 2.95. The molecule has 0 fully saturated rings. The van der Waals surface area contributed by atoms with Gasteiger partial charge < -0.3 is 15.7 Å². The molecule has 0 saturated heterocycles. The summed E-state index contributed by atoms with van der Waals surface area (Å²) in [6.45, 7) is -0.108. The number of amides is 2. The molecular formula is C15H15F2N3O2. The van der Waals surface area contributed by atoms with Crippen molar-refractivity contribution in [2.45, 2.75) is 12.6 Å². The lowest BCUT2D eigenvalue weighted by atomic mass is 10.1. The maximum atomic E-state index is 13.5. The minimum Gasteiger partial charge on any atom is -0.386 e. The first-order chi connectivity index (χ1) is 10.6. The van der Waals surface area contributed by atoms with Gasteiger partial charge >= 0.3 is 6.03 Å². The Kier molecular flexibility index (Phi) is 5.37. The van der Waals surface area contributed by atoms with Crippen LogP contribution in [0, 0.1) is 11.6 Å². The van der Waals surface area contributed by atoms with E-state index < -0.39 is 29.3 Å². The molecule has 116 valence electrons. The first kappa shape index (κ1) is 15.8. The first-order valence-corrected chi connectivity index (χ1v) is 6.61. The minimum absolute atomic E-state index is 0.205. The van der Waals surface area contributed by atoms with Gasteiger partial charge in [0.25, 0.3) is 0 Å². The van der Waals surface area contributed by atoms with Gasteiger partial charge in [-0.2, -0.15) is 0 Å². The highest BCUT2D eigenvalue weighted by molar-refractivity contribution is 5.73. The van der Waals surface area contributed by atoms with Crippen LogP contribution >= 0.6 is 0 Å². The highest BCUT2D eigenvalue weighted by atomic mass is 19.1. The fourth-order valence-corrected chi connectivity index (χ4v) is 1.86. The van der Waals surface area contributed by atoms with Crippen molar-refractivity contribution in [3.05, 3.63) is 65.5 Å². The van der Waals surface area contributed by atoms with E-state index in [2.05, 4.69) is 15.6 Å². The van der Waals surface area contributed by atoms with Gasteiger partial charge in [-0.05, 0) is 24.3 Å². The van der Waals surface area contributed by atoms with Crippen LogP contribution in [0.1, 0.15) is 17.4 Å². The van der Waals surface area contributed by atoms with Crippen molar-refractivity contribution in [3.8, 4) is 0 Å². The van der Waals surface area contributed by atoms with Crippen LogP contribution < -0.4 is 10.6 Å². The number of aliphatic hydroxyl groups is 1. The molecule has 3 N–H and O–H groups in total. The number of halogens is 2. The van der Waals surface area contributed by atoms with E-state index in [0.29, 0.717) is 5.69 Å². The Morgan fingerprint density at radius 2 is 1.86 bits per heavy atom. The standard InChI is InChI=1S/C15H15F2N3O2/c16-11-5-3-6-12(17)14(11)13(21)9-20-15(22)19-8-10-4-1-2-7-18-10/h1-7,13,21H,8-9H2,(H2,19,20,22). The Morgan fingerprint density at radius 3 is 2.50 bits per heavy atom. The molecule has 0 aliphatic carbocycles. The molecule has 0 radical (unpaired) electrons. The monoisotopic (exact) mass is 307 g/mol. The lowest BCUT2D eigenvalue weighted by Crippen LogP contribution is -2.37. The summed E-state index contributed by atoms with van der Waals surface area (Å²) < 4.78 is 26.9. The third-order valence-electron chi connectivity index (χ3n) is 2.95. The van der Waals surface area contributed by atoms with Crippen molar-refractivity contribution in [1.82, 2.24) is 15.6 Å². The van der Waals surface area contributed by atoms with Crippen molar-refractivity contribution >= 4 is 6.03 Å². The highest BCUT2D eigenvalue weighted by Crippen LogP contribution is 2.19. The molecule has 0 spiro atoms. The minimum atomic E-state index is -1.47. The van der Waals surface area contributed by atoms with Gasteiger partial charge in [0.2, 0.25) is 0 Å². The maximum absolute atomic E-state index is 13.5. The second-order valence-electron chi connectivity index (χ2n) is 4.54. The van der Waals surface area contributed by atoms with Crippen LogP contribution in [-0.4, -0.2) is 22.7 Å². The second kappa shape index (κ2) is 7.46. The molecule has 1 unspecified atom stereocenters. The largest absolute Gasteiger partial charge is 0.386 e. The predicted molar refractivity (Wildman–Crippen MR) is 75.8 cm³/mol. The number of carbonyl (C=O) groups is 1. The topological polar surface area (TPSA) is 74.2 Å². The number of aromatic nitrogens is 1. The van der Waals surface area contributed by atoms with Gasteiger partial charge in [-0.1, -0.05) is 12.1 Å². The molecule has 2 rings (SSSR count). The van der Waals surface area contributed by atoms with Crippen LogP contribution in [0.4, 0.5) is 13.6 Å². The molecule has 5 nitrogen and oxygen atoms in total. The van der Waals surface area contributed by atoms with Crippen LogP contribution in [0.3, 0.4) is 0 Å². The summed E-state index contributed by atoms with van der Waals surface area (Å²) >= 11 is 0. The number of rotatable bonds is 5. The van der Waals surface area contributed by atoms with Crippen molar-refractivity contribution in [3.63, 3.8) is 0 Å². The quantitative estimate of drug-likeness (QED) is 0.790. The molecule has 1 aromatic carbocycles. The number of nitrogens with one attached hydrogen (secondary N) is 2. The van der Waals surface area contributed by atoms with E-state index in [0.717, 1.165) is 12.1 Å². The molecular weight excluding hydrogens is 292 g/mol. The fourth-order valence-electron chi connectivity index (χ4n) is 1.86. The number of urea groups is 1. The summed E-state index contributed by atoms with van der Waals surface area (Å²) in [7, 11) is 0. The van der Waals surface area contributed by atoms with Gasteiger partial charge in [0.05, 0.1) is 17.8 Å². The summed E-state index contributed by atoms with van der Waals surface area (Å²) in [5.41, 5.74) is 0.200. The molecule has 1 atom stereocenters. The Bertz CT molecular complexity index is 618. The van der Waals surface area contributed by atoms with Crippen LogP contribution in [0.25, 0.3) is 0 Å². The van der Waals surface area contributed by atoms with Gasteiger partial charge in [-0.25, -0.2) is 13.6 Å². The van der Waals surface area contributed by atoms with Crippen LogP contribution in [0.15, 0.2) is 42.6 Å². The van der Waals surface area contributed by atoms with Crippen molar-refractivity contribution < 1.29 is 18.7 Å². The number of nitrogens with zero attached hydrogens (tertiary/aromatic N) is 1. The van der Waals surface area contributed by atoms with E-state index in [1.165, 1.54) is 6.07 Å². The molecule has 2 aromatic rings. The van der Waals surface area contributed by atoms with E-state index in [4.69, 9.17) is 0 Å². The first-order valence-electron chi connectivity index (χ1n) is 6.61. The Labute approximate surface area is 126 Å². The van der Waals surface area contributed by atoms with Gasteiger partial charge in [0, 0.05) is 12.7 Å². The summed E-state index contributed by atoms with van der Waals surface area (Å²) in [6, 6.07) is 8.00. The van der Waals surface area contributed by atoms with Crippen molar-refractivity contribution in [1.29, 1.82) is 0 Å². The fraction of sp³-hybridized carbons (Fsp3) is 0.200. The molecule has 7 heteroatoms. The normalized spacial score (nSPS) is 11.8. The summed E-state index contributed by atoms with van der Waals surface area (Å²) in [5.74, 6) is -1.72. The van der Waals surface area contributed by atoms with Gasteiger partial charge in [-0.15, -0.1) is 0 Å². The SMILES string of the molecule is O=C(NCc1ccccn1)NCC(O)c1c(F)cccc1F. The molecule has 22 heavy (non-hydrogen) atoms. The average molecular weight is 307 g/mol. The summed E-state index contributed by atoms with van der Waals surface area (Å²) in [6.07, 6.45) is 0.126. The van der Waals surface area contributed by atoms with E-state index in [1.807, 2.05) is 0 Å². The molecule has 1 heterocycles. The lowest BCUT2D eigenvalue weighted by molar-refractivity contribution is 0.164. The molecule has 1 aromatic heterocycles. The van der Waals surface area contributed by atoms with E-state index in [9.17, 15) is 18.7 Å². The zero-order valence-electron chi connectivity index (χ0n) is 11.6. The highest BCUT2D eigenvalue weighted by Gasteiger charge is 2.18. The van der Waals surface area contributed by atoms with E-state index in [1.54, 1.807) is 24.4 Å². The molecule has 0 aliphatic rings. The van der Waals surface area contributed by atoms with Crippen LogP contribution in [-0.2, 0) is 6.54 Å². The summed E-state index contributed by atoms with van der Waals surface area (Å²) in [4.78, 5) is 15.6. The smallest absolute Gasteiger partial charge is 0.315 e. The van der Waals surface area contributed by atoms with Gasteiger partial charge in [0.15, 0.2) is 0 Å². The predicted octanol–water partition coefficient (Wildman–Crippen LogP) is 1.89. The molecule has 2 amide bonds. The van der Waals surface area contributed by atoms with Crippen LogP contribution in [0.5, 0.6) is 0 Å². The third kappa shape index (κ3) is 4.23. The van der Waals surface area contributed by atoms with Crippen molar-refractivity contribution in [2.24, 2.45) is 0 Å². The number of carbonyl (C=O) groups excluding carboxylic acids is 1. The lowest BCUT2D eigenvalue weighted by Gasteiger charge is -2.14. The molecule has 0 aliphatic heterocycles. The Morgan fingerprint density at radius 1 is 1.14 bits per heavy atom. The zero-order valence-corrected chi connectivity index (χ0v) is 11.6. The van der Waals surface area contributed by atoms with E-state index in [-0.39, 0.29) is 13.1 Å². The van der Waals surface area contributed by atoms with E-state index >= 15 is 0 Å². The maximum Gasteiger partial charge on any atom is 0.315 e. The van der Waals surface area contributed by atoms with Crippen molar-refractivity contribution in [2.75, 3.05) is 6.54 Å². The Balaban J connectivity index is 1.83. The summed E-state index contributed by atoms with van der Waals surface area (Å²) in [5, 5.41) is 14.6. The molecule has 0 bridgehead atoms. The number of hydrogen-bond acceptors (Lipinski definition) is 3. The number of hydrogen-bond donors (Lipinski definition) is 3. The average Bonchev–Trinajstić information content (AvgIpc) is 2.52. The number of pyridine rings is 1. The molecule has 0 saturated carbocycles. The zero-order chi connectivity index (χ0) is 15.9. The second-order valence-corrected chi connectivity index (χ2v) is 4.54. The van der Waals surface area contributed by atoms with Gasteiger partial charge in [0.1, 0.15) is 17.7 Å².